The van der Waals surface area contributed by atoms with Crippen LogP contribution in [0.1, 0.15) is 19.4 Å². The highest BCUT2D eigenvalue weighted by atomic mass is 17.2. The van der Waals surface area contributed by atoms with E-state index < -0.39 is 11.6 Å². The second-order valence-corrected chi connectivity index (χ2v) is 4.67. The van der Waals surface area contributed by atoms with Crippen LogP contribution in [-0.2, 0) is 9.68 Å². The quantitative estimate of drug-likeness (QED) is 0.366. The van der Waals surface area contributed by atoms with Gasteiger partial charge in [-0.15, -0.1) is 0 Å². The zero-order valence-corrected chi connectivity index (χ0v) is 12.6. The molecule has 0 aliphatic carbocycles. The van der Waals surface area contributed by atoms with E-state index in [-0.39, 0.29) is 17.1 Å². The highest BCUT2D eigenvalue weighted by Crippen LogP contribution is 2.27. The molecule has 1 aromatic heterocycles. The molecule has 0 radical (unpaired) electrons. The average molecular weight is 304 g/mol. The third-order valence-electron chi connectivity index (χ3n) is 2.94. The summed E-state index contributed by atoms with van der Waals surface area (Å²) in [5.74, 6) is -0.254. The van der Waals surface area contributed by atoms with Crippen LogP contribution in [0.4, 0.5) is 0 Å². The van der Waals surface area contributed by atoms with Crippen molar-refractivity contribution in [2.75, 3.05) is 6.61 Å². The van der Waals surface area contributed by atoms with Crippen LogP contribution in [0.25, 0.3) is 11.0 Å². The maximum absolute atomic E-state index is 11.9. The fraction of sp³-hybridized carbons (Fsp3) is 0.250. The summed E-state index contributed by atoms with van der Waals surface area (Å²) >= 11 is 0. The van der Waals surface area contributed by atoms with E-state index in [1.807, 2.05) is 0 Å². The van der Waals surface area contributed by atoms with Crippen molar-refractivity contribution >= 4 is 16.9 Å². The molecule has 0 unspecified atom stereocenters. The Balaban J connectivity index is 2.35. The maximum atomic E-state index is 11.9. The number of aryl methyl sites for hydroxylation is 1. The van der Waals surface area contributed by atoms with Gasteiger partial charge in [-0.1, -0.05) is 6.58 Å². The van der Waals surface area contributed by atoms with E-state index in [1.165, 1.54) is 13.0 Å². The van der Waals surface area contributed by atoms with Gasteiger partial charge in [0, 0.05) is 22.6 Å². The number of benzene rings is 1. The van der Waals surface area contributed by atoms with E-state index in [0.29, 0.717) is 23.1 Å². The summed E-state index contributed by atoms with van der Waals surface area (Å²) in [4.78, 5) is 32.6. The fourth-order valence-corrected chi connectivity index (χ4v) is 1.84. The first-order valence-electron chi connectivity index (χ1n) is 6.68. The van der Waals surface area contributed by atoms with Crippen LogP contribution in [0, 0.1) is 6.92 Å². The Morgan fingerprint density at radius 1 is 1.36 bits per heavy atom. The van der Waals surface area contributed by atoms with Gasteiger partial charge in [-0.3, -0.25) is 4.89 Å². The van der Waals surface area contributed by atoms with Gasteiger partial charge in [0.2, 0.25) is 5.75 Å². The molecule has 0 spiro atoms. The van der Waals surface area contributed by atoms with Gasteiger partial charge in [-0.25, -0.2) is 14.5 Å². The van der Waals surface area contributed by atoms with Crippen LogP contribution >= 0.6 is 0 Å². The second kappa shape index (κ2) is 6.34. The Hall–Kier alpha value is -2.76. The minimum absolute atomic E-state index is 0.192. The molecule has 1 heterocycles. The van der Waals surface area contributed by atoms with Gasteiger partial charge < -0.3 is 9.15 Å². The molecule has 6 nitrogen and oxygen atoms in total. The van der Waals surface area contributed by atoms with Crippen molar-refractivity contribution in [1.29, 1.82) is 0 Å². The first-order chi connectivity index (χ1) is 10.4. The molecule has 0 bridgehead atoms. The number of ether oxygens (including phenoxy) is 1. The summed E-state index contributed by atoms with van der Waals surface area (Å²) in [5, 5.41) is 0.710. The molecule has 0 saturated carbocycles. The van der Waals surface area contributed by atoms with Crippen molar-refractivity contribution in [2.45, 2.75) is 20.8 Å². The first-order valence-corrected chi connectivity index (χ1v) is 6.68. The molecule has 6 heteroatoms. The molecule has 2 rings (SSSR count). The Morgan fingerprint density at radius 2 is 2.09 bits per heavy atom. The molecule has 0 N–H and O–H groups in total. The molecule has 116 valence electrons. The van der Waals surface area contributed by atoms with E-state index in [1.54, 1.807) is 26.0 Å². The first kappa shape index (κ1) is 15.6. The number of fused-ring (bicyclic) bond motifs is 1. The summed E-state index contributed by atoms with van der Waals surface area (Å²) in [6.07, 6.45) is 0. The lowest BCUT2D eigenvalue weighted by Crippen LogP contribution is -2.09. The Kier molecular flexibility index (Phi) is 4.50. The molecule has 22 heavy (non-hydrogen) atoms. The highest BCUT2D eigenvalue weighted by Gasteiger charge is 2.14. The van der Waals surface area contributed by atoms with E-state index in [4.69, 9.17) is 14.0 Å². The van der Waals surface area contributed by atoms with Gasteiger partial charge in [0.25, 0.3) is 0 Å². The topological polar surface area (TPSA) is 75.0 Å². The molecule has 1 aromatic carbocycles. The van der Waals surface area contributed by atoms with Crippen molar-refractivity contribution in [3.63, 3.8) is 0 Å². The lowest BCUT2D eigenvalue weighted by atomic mass is 10.1. The zero-order chi connectivity index (χ0) is 16.3. The molecule has 0 aliphatic heterocycles. The second-order valence-electron chi connectivity index (χ2n) is 4.67. The van der Waals surface area contributed by atoms with E-state index in [9.17, 15) is 9.59 Å². The predicted octanol–water partition coefficient (Wildman–Crippen LogP) is 2.91. The number of carbonyl (C=O) groups is 1. The smallest absolute Gasteiger partial charge is 0.381 e. The van der Waals surface area contributed by atoms with E-state index >= 15 is 0 Å². The fourth-order valence-electron chi connectivity index (χ4n) is 1.84. The van der Waals surface area contributed by atoms with Crippen molar-refractivity contribution in [3.8, 4) is 11.5 Å². The number of rotatable bonds is 5. The third-order valence-corrected chi connectivity index (χ3v) is 2.94. The van der Waals surface area contributed by atoms with Crippen LogP contribution in [0.5, 0.6) is 11.5 Å². The number of carbonyl (C=O) groups excluding carboxylic acids is 1. The van der Waals surface area contributed by atoms with Crippen molar-refractivity contribution < 1.29 is 23.7 Å². The summed E-state index contributed by atoms with van der Waals surface area (Å²) in [6, 6.07) is 4.75. The van der Waals surface area contributed by atoms with Crippen molar-refractivity contribution in [1.82, 2.24) is 0 Å². The largest absolute Gasteiger partial charge is 0.487 e. The zero-order valence-electron chi connectivity index (χ0n) is 12.6. The van der Waals surface area contributed by atoms with Gasteiger partial charge in [0.15, 0.2) is 5.75 Å². The standard InChI is InChI=1S/C16H16O6/c1-5-19-14-10(4)12-7-6-11(8-13(12)20-16(14)18)21-22-15(17)9(2)3/h6-8H,2,5H2,1,3-4H3. The van der Waals surface area contributed by atoms with Crippen LogP contribution in [0.2, 0.25) is 0 Å². The lowest BCUT2D eigenvalue weighted by Gasteiger charge is -2.09. The van der Waals surface area contributed by atoms with Crippen LogP contribution in [-0.4, -0.2) is 12.6 Å². The van der Waals surface area contributed by atoms with Gasteiger partial charge in [-0.05, 0) is 32.9 Å². The molecular formula is C16H16O6. The van der Waals surface area contributed by atoms with Crippen molar-refractivity contribution in [2.24, 2.45) is 0 Å². The molecule has 0 fully saturated rings. The Morgan fingerprint density at radius 3 is 2.73 bits per heavy atom. The molecule has 2 aromatic rings. The van der Waals surface area contributed by atoms with Gasteiger partial charge in [0.05, 0.1) is 6.61 Å². The van der Waals surface area contributed by atoms with Crippen LogP contribution < -0.4 is 15.3 Å². The van der Waals surface area contributed by atoms with Crippen LogP contribution in [0.3, 0.4) is 0 Å². The van der Waals surface area contributed by atoms with Crippen LogP contribution in [0.15, 0.2) is 39.6 Å². The lowest BCUT2D eigenvalue weighted by molar-refractivity contribution is -0.208. The normalized spacial score (nSPS) is 10.3. The van der Waals surface area contributed by atoms with E-state index in [2.05, 4.69) is 11.5 Å². The number of hydrogen-bond acceptors (Lipinski definition) is 6. The Labute approximate surface area is 126 Å². The van der Waals surface area contributed by atoms with Gasteiger partial charge in [0.1, 0.15) is 5.58 Å². The Bertz CT molecular complexity index is 787. The molecule has 0 atom stereocenters. The minimum Gasteiger partial charge on any atom is -0.487 e. The SMILES string of the molecule is C=C(C)C(=O)OOc1ccc2c(C)c(OCC)c(=O)oc2c1. The van der Waals surface area contributed by atoms with Gasteiger partial charge in [-0.2, -0.15) is 0 Å². The molecular weight excluding hydrogens is 288 g/mol. The average Bonchev–Trinajstić information content (AvgIpc) is 2.48. The summed E-state index contributed by atoms with van der Waals surface area (Å²) in [6.45, 7) is 8.87. The monoisotopic (exact) mass is 304 g/mol. The molecule has 0 saturated heterocycles. The number of hydrogen-bond donors (Lipinski definition) is 0. The summed E-state index contributed by atoms with van der Waals surface area (Å²) in [5.41, 5.74) is 0.640. The van der Waals surface area contributed by atoms with E-state index in [0.717, 1.165) is 0 Å². The molecule has 0 aliphatic rings. The summed E-state index contributed by atoms with van der Waals surface area (Å²) in [7, 11) is 0. The molecule has 0 amide bonds. The highest BCUT2D eigenvalue weighted by molar-refractivity contribution is 5.86. The third kappa shape index (κ3) is 3.11. The minimum atomic E-state index is -0.676. The predicted molar refractivity (Wildman–Crippen MR) is 79.9 cm³/mol. The maximum Gasteiger partial charge on any atom is 0.381 e. The van der Waals surface area contributed by atoms with Gasteiger partial charge >= 0.3 is 11.6 Å². The summed E-state index contributed by atoms with van der Waals surface area (Å²) < 4.78 is 10.5. The van der Waals surface area contributed by atoms with Crippen molar-refractivity contribution in [3.05, 3.63) is 46.3 Å².